The number of ether oxygens (including phenoxy) is 3. The molecule has 10 nitrogen and oxygen atoms in total. The van der Waals surface area contributed by atoms with E-state index in [-0.39, 0.29) is 24.0 Å². The Morgan fingerprint density at radius 3 is 2.56 bits per heavy atom. The summed E-state index contributed by atoms with van der Waals surface area (Å²) in [6.07, 6.45) is 5.55. The number of fused-ring (bicyclic) bond motifs is 1. The molecule has 1 unspecified atom stereocenters. The minimum absolute atomic E-state index is 0.174. The van der Waals surface area contributed by atoms with E-state index in [2.05, 4.69) is 14.9 Å². The third kappa shape index (κ3) is 5.17. The molecule has 0 aliphatic carbocycles. The molecular weight excluding hydrogens is 462 g/mol. The van der Waals surface area contributed by atoms with Crippen LogP contribution < -0.4 is 19.1 Å². The van der Waals surface area contributed by atoms with E-state index in [0.29, 0.717) is 30.3 Å². The summed E-state index contributed by atoms with van der Waals surface area (Å²) in [7, 11) is 0. The molecule has 2 aromatic heterocycles. The van der Waals surface area contributed by atoms with Crippen LogP contribution in [0.15, 0.2) is 48.8 Å². The van der Waals surface area contributed by atoms with E-state index in [0.717, 1.165) is 37.5 Å². The van der Waals surface area contributed by atoms with Crippen LogP contribution in [0.25, 0.3) is 0 Å². The molecule has 1 aromatic carbocycles. The Labute approximate surface area is 201 Å². The number of hydrogen-bond acceptors (Lipinski definition) is 8. The average molecular weight is 486 g/mol. The molecule has 1 saturated heterocycles. The number of imidazole rings is 1. The molecule has 0 saturated carbocycles. The molecule has 0 bridgehead atoms. The average Bonchev–Trinajstić information content (AvgIpc) is 3.29. The summed E-state index contributed by atoms with van der Waals surface area (Å²) in [6, 6.07) is 11.6. The van der Waals surface area contributed by atoms with Gasteiger partial charge >= 0.3 is 11.8 Å². The highest BCUT2D eigenvalue weighted by molar-refractivity contribution is 6.30. The van der Waals surface area contributed by atoms with Gasteiger partial charge in [-0.25, -0.2) is 4.98 Å². The SMILES string of the molecule is O=[N+]([O-])c1cn2c(n1)OC(COc1ccc(N3CCC(Oc4ccc(Cl)cc4)CC3)nc1)CC2. The van der Waals surface area contributed by atoms with Gasteiger partial charge in [0.2, 0.25) is 0 Å². The van der Waals surface area contributed by atoms with Crippen molar-refractivity contribution >= 4 is 23.2 Å². The largest absolute Gasteiger partial charge is 0.490 e. The summed E-state index contributed by atoms with van der Waals surface area (Å²) in [6.45, 7) is 2.63. The van der Waals surface area contributed by atoms with Crippen molar-refractivity contribution in [3.8, 4) is 17.5 Å². The smallest absolute Gasteiger partial charge is 0.414 e. The third-order valence-corrected chi connectivity index (χ3v) is 6.17. The minimum atomic E-state index is -0.525. The fourth-order valence-electron chi connectivity index (χ4n) is 4.08. The van der Waals surface area contributed by atoms with Gasteiger partial charge in [0.15, 0.2) is 0 Å². The summed E-state index contributed by atoms with van der Waals surface area (Å²) >= 11 is 5.93. The monoisotopic (exact) mass is 485 g/mol. The van der Waals surface area contributed by atoms with Crippen LogP contribution >= 0.6 is 11.6 Å². The molecule has 2 aliphatic heterocycles. The number of halogens is 1. The standard InChI is InChI=1S/C23H24ClN5O5/c24-16-1-3-17(4-2-16)33-18-7-10-27(11-8-18)21-6-5-19(13-25-21)32-15-20-9-12-28-14-22(29(30)31)26-23(28)34-20/h1-6,13-14,18,20H,7-12,15H2. The minimum Gasteiger partial charge on any atom is -0.490 e. The number of aryl methyl sites for hydroxylation is 1. The fourth-order valence-corrected chi connectivity index (χ4v) is 4.20. The first-order chi connectivity index (χ1) is 16.5. The van der Waals surface area contributed by atoms with Gasteiger partial charge in [0.1, 0.15) is 42.3 Å². The van der Waals surface area contributed by atoms with E-state index in [1.165, 1.54) is 6.20 Å². The lowest BCUT2D eigenvalue weighted by atomic mass is 10.1. The van der Waals surface area contributed by atoms with E-state index >= 15 is 0 Å². The number of hydrogen-bond donors (Lipinski definition) is 0. The van der Waals surface area contributed by atoms with Gasteiger partial charge in [0.25, 0.3) is 0 Å². The second-order valence-corrected chi connectivity index (χ2v) is 8.72. The van der Waals surface area contributed by atoms with Crippen molar-refractivity contribution in [3.63, 3.8) is 0 Å². The highest BCUT2D eigenvalue weighted by Crippen LogP contribution is 2.26. The van der Waals surface area contributed by atoms with Crippen molar-refractivity contribution in [3.05, 3.63) is 63.9 Å². The lowest BCUT2D eigenvalue weighted by Crippen LogP contribution is -2.38. The zero-order valence-electron chi connectivity index (χ0n) is 18.4. The maximum atomic E-state index is 10.9. The van der Waals surface area contributed by atoms with E-state index in [9.17, 15) is 10.1 Å². The van der Waals surface area contributed by atoms with Gasteiger partial charge < -0.3 is 29.2 Å². The number of nitro groups is 1. The Kier molecular flexibility index (Phi) is 6.39. The number of aromatic nitrogens is 3. The quantitative estimate of drug-likeness (QED) is 0.363. The maximum Gasteiger partial charge on any atom is 0.414 e. The second-order valence-electron chi connectivity index (χ2n) is 8.28. The Balaban J connectivity index is 1.08. The van der Waals surface area contributed by atoms with Gasteiger partial charge in [-0.05, 0) is 41.3 Å². The molecule has 4 heterocycles. The Hall–Kier alpha value is -3.53. The van der Waals surface area contributed by atoms with Crippen LogP contribution in [-0.2, 0) is 6.54 Å². The highest BCUT2D eigenvalue weighted by atomic mass is 35.5. The molecule has 178 valence electrons. The van der Waals surface area contributed by atoms with Crippen molar-refractivity contribution in [1.29, 1.82) is 0 Å². The van der Waals surface area contributed by atoms with Crippen LogP contribution in [0, 0.1) is 10.1 Å². The molecule has 0 amide bonds. The van der Waals surface area contributed by atoms with Crippen LogP contribution in [0.4, 0.5) is 11.6 Å². The van der Waals surface area contributed by atoms with Gasteiger partial charge in [-0.3, -0.25) is 4.57 Å². The van der Waals surface area contributed by atoms with E-state index in [1.807, 2.05) is 36.4 Å². The molecular formula is C23H24ClN5O5. The lowest BCUT2D eigenvalue weighted by molar-refractivity contribution is -0.389. The number of nitrogens with zero attached hydrogens (tertiary/aromatic N) is 5. The zero-order valence-corrected chi connectivity index (χ0v) is 19.1. The van der Waals surface area contributed by atoms with Crippen LogP contribution in [0.2, 0.25) is 5.02 Å². The Morgan fingerprint density at radius 2 is 1.85 bits per heavy atom. The molecule has 0 N–H and O–H groups in total. The van der Waals surface area contributed by atoms with Crippen LogP contribution in [0.5, 0.6) is 17.5 Å². The summed E-state index contributed by atoms with van der Waals surface area (Å²) in [5.74, 6) is 2.18. The van der Waals surface area contributed by atoms with Gasteiger partial charge in [-0.15, -0.1) is 0 Å². The van der Waals surface area contributed by atoms with Crippen molar-refractivity contribution in [2.24, 2.45) is 0 Å². The number of rotatable bonds is 7. The molecule has 1 fully saturated rings. The van der Waals surface area contributed by atoms with E-state index < -0.39 is 4.92 Å². The highest BCUT2D eigenvalue weighted by Gasteiger charge is 2.28. The molecule has 3 aromatic rings. The topological polar surface area (TPSA) is 105 Å². The van der Waals surface area contributed by atoms with Gasteiger partial charge in [0.05, 0.1) is 6.20 Å². The number of benzene rings is 1. The maximum absolute atomic E-state index is 10.9. The summed E-state index contributed by atoms with van der Waals surface area (Å²) < 4.78 is 19.3. The Morgan fingerprint density at radius 1 is 1.09 bits per heavy atom. The molecule has 5 rings (SSSR count). The molecule has 11 heteroatoms. The van der Waals surface area contributed by atoms with Crippen LogP contribution in [0.1, 0.15) is 19.3 Å². The van der Waals surface area contributed by atoms with Gasteiger partial charge in [-0.2, -0.15) is 0 Å². The molecule has 0 radical (unpaired) electrons. The predicted octanol–water partition coefficient (Wildman–Crippen LogP) is 4.12. The van der Waals surface area contributed by atoms with Gasteiger partial charge in [-0.1, -0.05) is 11.6 Å². The number of piperidine rings is 1. The predicted molar refractivity (Wildman–Crippen MR) is 125 cm³/mol. The fraction of sp³-hybridized carbons (Fsp3) is 0.391. The normalized spacial score (nSPS) is 18.1. The molecule has 0 spiro atoms. The first-order valence-electron chi connectivity index (χ1n) is 11.2. The van der Waals surface area contributed by atoms with Crippen molar-refractivity contribution in [1.82, 2.24) is 14.5 Å². The number of pyridine rings is 1. The van der Waals surface area contributed by atoms with E-state index in [4.69, 9.17) is 25.8 Å². The van der Waals surface area contributed by atoms with Crippen molar-refractivity contribution in [2.45, 2.75) is 38.0 Å². The molecule has 34 heavy (non-hydrogen) atoms. The second kappa shape index (κ2) is 9.76. The first kappa shape index (κ1) is 22.3. The lowest BCUT2D eigenvalue weighted by Gasteiger charge is -2.33. The molecule has 2 aliphatic rings. The summed E-state index contributed by atoms with van der Waals surface area (Å²) in [5, 5.41) is 11.6. The first-order valence-corrected chi connectivity index (χ1v) is 11.6. The van der Waals surface area contributed by atoms with Crippen molar-refractivity contribution < 1.29 is 19.1 Å². The molecule has 1 atom stereocenters. The van der Waals surface area contributed by atoms with Crippen LogP contribution in [0.3, 0.4) is 0 Å². The Bertz CT molecular complexity index is 1130. The van der Waals surface area contributed by atoms with Crippen molar-refractivity contribution in [2.75, 3.05) is 24.6 Å². The zero-order chi connectivity index (χ0) is 23.5. The number of anilines is 1. The summed E-state index contributed by atoms with van der Waals surface area (Å²) in [4.78, 5) is 21.1. The van der Waals surface area contributed by atoms with Crippen LogP contribution in [-0.4, -0.2) is 51.4 Å². The summed E-state index contributed by atoms with van der Waals surface area (Å²) in [5.41, 5.74) is 0. The third-order valence-electron chi connectivity index (χ3n) is 5.92. The van der Waals surface area contributed by atoms with Gasteiger partial charge in [0, 0.05) is 48.9 Å². The van der Waals surface area contributed by atoms with E-state index in [1.54, 1.807) is 10.8 Å².